The molecule has 1 N–H and O–H groups in total. The number of nitrogens with zero attached hydrogens (tertiary/aromatic N) is 1. The average Bonchev–Trinajstić information content (AvgIpc) is 2.79. The van der Waals surface area contributed by atoms with Gasteiger partial charge in [-0.25, -0.2) is 8.42 Å². The monoisotopic (exact) mass is 539 g/mol. The van der Waals surface area contributed by atoms with Crippen molar-refractivity contribution in [2.24, 2.45) is 5.41 Å². The van der Waals surface area contributed by atoms with Gasteiger partial charge < -0.3 is 10.0 Å². The van der Waals surface area contributed by atoms with Gasteiger partial charge in [0.1, 0.15) is 0 Å². The van der Waals surface area contributed by atoms with E-state index in [0.717, 1.165) is 11.1 Å². The van der Waals surface area contributed by atoms with Crippen molar-refractivity contribution in [1.82, 2.24) is 4.90 Å². The number of carboxylic acids is 1. The third-order valence-corrected chi connectivity index (χ3v) is 9.14. The largest absolute Gasteiger partial charge is 0.481 e. The van der Waals surface area contributed by atoms with Crippen molar-refractivity contribution in [2.75, 3.05) is 11.5 Å². The SMILES string of the molecule is CC[C@@H](CS(=O)(=O)CC)N1C(=O)[C@](C)(CC(=O)O)C[C@H](c2cccc(Cl)c2)[C@H]1c1ccc(Cl)cc1. The molecule has 1 aliphatic heterocycles. The molecule has 1 fully saturated rings. The number of halogens is 2. The Morgan fingerprint density at radius 3 is 2.31 bits per heavy atom. The van der Waals surface area contributed by atoms with E-state index in [2.05, 4.69) is 0 Å². The lowest BCUT2D eigenvalue weighted by Gasteiger charge is -2.51. The number of aliphatic carboxylic acids is 1. The number of piperidine rings is 1. The summed E-state index contributed by atoms with van der Waals surface area (Å²) < 4.78 is 25.3. The number of carboxylic acid groups (broad SMARTS) is 1. The number of amides is 1. The van der Waals surface area contributed by atoms with Gasteiger partial charge >= 0.3 is 5.97 Å². The first kappa shape index (κ1) is 27.5. The number of carbonyl (C=O) groups is 2. The minimum absolute atomic E-state index is 0.0404. The van der Waals surface area contributed by atoms with E-state index in [1.165, 1.54) is 0 Å². The summed E-state index contributed by atoms with van der Waals surface area (Å²) in [4.78, 5) is 27.5. The number of hydrogen-bond donors (Lipinski definition) is 1. The number of carbonyl (C=O) groups excluding carboxylic acids is 1. The lowest BCUT2D eigenvalue weighted by Crippen LogP contribution is -2.57. The summed E-state index contributed by atoms with van der Waals surface area (Å²) in [6.45, 7) is 5.09. The van der Waals surface area contributed by atoms with Crippen LogP contribution in [0.4, 0.5) is 0 Å². The van der Waals surface area contributed by atoms with E-state index in [1.807, 2.05) is 37.3 Å². The Hall–Kier alpha value is -2.09. The second-order valence-electron chi connectivity index (χ2n) is 9.47. The van der Waals surface area contributed by atoms with Gasteiger partial charge in [-0.3, -0.25) is 9.59 Å². The highest BCUT2D eigenvalue weighted by Gasteiger charge is 2.52. The number of benzene rings is 2. The Morgan fingerprint density at radius 1 is 1.11 bits per heavy atom. The zero-order valence-electron chi connectivity index (χ0n) is 20.1. The molecule has 190 valence electrons. The van der Waals surface area contributed by atoms with E-state index in [9.17, 15) is 23.1 Å². The molecule has 2 aromatic rings. The molecule has 3 rings (SSSR count). The van der Waals surface area contributed by atoms with Gasteiger partial charge in [0.15, 0.2) is 9.84 Å². The van der Waals surface area contributed by atoms with Crippen LogP contribution in [0.15, 0.2) is 48.5 Å². The van der Waals surface area contributed by atoms with E-state index in [0.29, 0.717) is 16.5 Å². The minimum Gasteiger partial charge on any atom is -0.481 e. The molecule has 1 heterocycles. The second-order valence-corrected chi connectivity index (χ2v) is 12.7. The van der Waals surface area contributed by atoms with Crippen LogP contribution in [0.2, 0.25) is 10.0 Å². The molecule has 0 saturated carbocycles. The third kappa shape index (κ3) is 6.19. The van der Waals surface area contributed by atoms with Gasteiger partial charge in [-0.15, -0.1) is 0 Å². The average molecular weight is 541 g/mol. The quantitative estimate of drug-likeness (QED) is 0.438. The highest BCUT2D eigenvalue weighted by Crippen LogP contribution is 2.52. The van der Waals surface area contributed by atoms with Gasteiger partial charge in [-0.1, -0.05) is 68.2 Å². The fourth-order valence-corrected chi connectivity index (χ4v) is 6.63. The Kier molecular flexibility index (Phi) is 8.56. The fraction of sp³-hybridized carbons (Fsp3) is 0.462. The first-order valence-corrected chi connectivity index (χ1v) is 14.2. The Bertz CT molecular complexity index is 1180. The van der Waals surface area contributed by atoms with E-state index in [4.69, 9.17) is 23.2 Å². The molecular formula is C26H31Cl2NO5S. The van der Waals surface area contributed by atoms with Crippen molar-refractivity contribution in [1.29, 1.82) is 0 Å². The number of sulfone groups is 1. The van der Waals surface area contributed by atoms with Crippen molar-refractivity contribution < 1.29 is 23.1 Å². The highest BCUT2D eigenvalue weighted by molar-refractivity contribution is 7.91. The molecular weight excluding hydrogens is 509 g/mol. The van der Waals surface area contributed by atoms with Crippen molar-refractivity contribution in [2.45, 2.75) is 58.0 Å². The minimum atomic E-state index is -3.42. The summed E-state index contributed by atoms with van der Waals surface area (Å²) >= 11 is 12.5. The number of likely N-dealkylation sites (tertiary alicyclic amines) is 1. The van der Waals surface area contributed by atoms with Crippen LogP contribution in [0, 0.1) is 5.41 Å². The van der Waals surface area contributed by atoms with E-state index >= 15 is 0 Å². The molecule has 4 atom stereocenters. The van der Waals surface area contributed by atoms with Gasteiger partial charge in [0.25, 0.3) is 0 Å². The molecule has 6 nitrogen and oxygen atoms in total. The van der Waals surface area contributed by atoms with Gasteiger partial charge in [-0.2, -0.15) is 0 Å². The lowest BCUT2D eigenvalue weighted by atomic mass is 9.67. The lowest BCUT2D eigenvalue weighted by molar-refractivity contribution is -0.160. The number of hydrogen-bond acceptors (Lipinski definition) is 4. The highest BCUT2D eigenvalue weighted by atomic mass is 35.5. The third-order valence-electron chi connectivity index (χ3n) is 6.88. The first-order valence-electron chi connectivity index (χ1n) is 11.7. The van der Waals surface area contributed by atoms with E-state index in [-0.39, 0.29) is 36.2 Å². The van der Waals surface area contributed by atoms with Crippen LogP contribution in [-0.2, 0) is 19.4 Å². The Balaban J connectivity index is 2.26. The van der Waals surface area contributed by atoms with Crippen molar-refractivity contribution >= 4 is 44.9 Å². The Labute approximate surface area is 217 Å². The molecule has 1 aliphatic rings. The van der Waals surface area contributed by atoms with Crippen LogP contribution in [0.1, 0.15) is 63.1 Å². The molecule has 0 aromatic heterocycles. The van der Waals surface area contributed by atoms with E-state index < -0.39 is 33.3 Å². The molecule has 35 heavy (non-hydrogen) atoms. The predicted octanol–water partition coefficient (Wildman–Crippen LogP) is 5.74. The molecule has 0 radical (unpaired) electrons. The van der Waals surface area contributed by atoms with Gasteiger partial charge in [-0.05, 0) is 48.2 Å². The summed E-state index contributed by atoms with van der Waals surface area (Å²) in [6.07, 6.45) is 0.323. The topological polar surface area (TPSA) is 91.8 Å². The van der Waals surface area contributed by atoms with Crippen LogP contribution in [0.5, 0.6) is 0 Å². The van der Waals surface area contributed by atoms with Crippen LogP contribution < -0.4 is 0 Å². The fourth-order valence-electron chi connectivity index (χ4n) is 5.09. The zero-order chi connectivity index (χ0) is 26.0. The zero-order valence-corrected chi connectivity index (χ0v) is 22.4. The van der Waals surface area contributed by atoms with Crippen LogP contribution >= 0.6 is 23.2 Å². The van der Waals surface area contributed by atoms with Gasteiger partial charge in [0, 0.05) is 27.8 Å². The van der Waals surface area contributed by atoms with Crippen LogP contribution in [-0.4, -0.2) is 47.8 Å². The summed E-state index contributed by atoms with van der Waals surface area (Å²) in [5.41, 5.74) is 0.447. The van der Waals surface area contributed by atoms with Crippen LogP contribution in [0.3, 0.4) is 0 Å². The van der Waals surface area contributed by atoms with Crippen molar-refractivity contribution in [3.8, 4) is 0 Å². The Morgan fingerprint density at radius 2 is 1.77 bits per heavy atom. The smallest absolute Gasteiger partial charge is 0.304 e. The normalized spacial score (nSPS) is 23.8. The number of rotatable bonds is 9. The maximum absolute atomic E-state index is 14.1. The summed E-state index contributed by atoms with van der Waals surface area (Å²) in [7, 11) is -3.42. The predicted molar refractivity (Wildman–Crippen MR) is 139 cm³/mol. The van der Waals surface area contributed by atoms with Crippen LogP contribution in [0.25, 0.3) is 0 Å². The maximum atomic E-state index is 14.1. The summed E-state index contributed by atoms with van der Waals surface area (Å²) in [5.74, 6) is -1.97. The van der Waals surface area contributed by atoms with Crippen molar-refractivity contribution in [3.63, 3.8) is 0 Å². The summed E-state index contributed by atoms with van der Waals surface area (Å²) in [6, 6.07) is 13.3. The molecule has 9 heteroatoms. The second kappa shape index (κ2) is 10.9. The molecule has 1 saturated heterocycles. The standard InChI is InChI=1S/C26H31Cl2NO5S/c1-4-21(16-35(33,34)5-2)29-24(17-9-11-19(27)12-10-17)22(18-7-6-8-20(28)13-18)14-26(3,25(29)32)15-23(30)31/h6-13,21-22,24H,4-5,14-16H2,1-3H3,(H,30,31)/t21-,22+,24+,26-/m0/s1. The maximum Gasteiger partial charge on any atom is 0.304 e. The molecule has 0 bridgehead atoms. The molecule has 1 amide bonds. The van der Waals surface area contributed by atoms with Crippen molar-refractivity contribution in [3.05, 3.63) is 69.7 Å². The molecule has 2 aromatic carbocycles. The van der Waals surface area contributed by atoms with Gasteiger partial charge in [0.2, 0.25) is 5.91 Å². The molecule has 0 spiro atoms. The summed E-state index contributed by atoms with van der Waals surface area (Å²) in [5, 5.41) is 10.7. The molecule has 0 aliphatic carbocycles. The first-order chi connectivity index (χ1) is 16.4. The van der Waals surface area contributed by atoms with Gasteiger partial charge in [0.05, 0.1) is 23.6 Å². The van der Waals surface area contributed by atoms with E-state index in [1.54, 1.807) is 36.9 Å². The molecule has 0 unspecified atom stereocenters.